The van der Waals surface area contributed by atoms with E-state index < -0.39 is 0 Å². The Bertz CT molecular complexity index is 1370. The van der Waals surface area contributed by atoms with Gasteiger partial charge >= 0.3 is 0 Å². The molecule has 5 aromatic rings. The van der Waals surface area contributed by atoms with Gasteiger partial charge in [-0.05, 0) is 36.4 Å². The minimum atomic E-state index is 0.438. The second-order valence-electron chi connectivity index (χ2n) is 5.97. The van der Waals surface area contributed by atoms with Crippen LogP contribution in [0.3, 0.4) is 0 Å². The summed E-state index contributed by atoms with van der Waals surface area (Å²) >= 11 is 24.2. The smallest absolute Gasteiger partial charge is 0.182 e. The molecule has 138 valence electrons. The maximum atomic E-state index is 6.13. The zero-order chi connectivity index (χ0) is 19.4. The Morgan fingerprint density at radius 1 is 0.786 bits per heavy atom. The van der Waals surface area contributed by atoms with Gasteiger partial charge in [0.15, 0.2) is 17.1 Å². The van der Waals surface area contributed by atoms with Crippen LogP contribution in [0.15, 0.2) is 48.9 Å². The highest BCUT2D eigenvalue weighted by atomic mass is 35.5. The normalized spacial score (nSPS) is 11.6. The Balaban J connectivity index is 1.68. The number of halogens is 4. The fraction of sp³-hybridized carbons (Fsp3) is 0. The molecule has 0 saturated heterocycles. The maximum absolute atomic E-state index is 6.13. The van der Waals surface area contributed by atoms with E-state index in [2.05, 4.69) is 20.2 Å². The van der Waals surface area contributed by atoms with Crippen LogP contribution >= 0.6 is 46.4 Å². The van der Waals surface area contributed by atoms with E-state index in [1.807, 2.05) is 12.1 Å². The molecule has 3 aromatic heterocycles. The predicted molar refractivity (Wildman–Crippen MR) is 111 cm³/mol. The van der Waals surface area contributed by atoms with Crippen molar-refractivity contribution < 1.29 is 0 Å². The van der Waals surface area contributed by atoms with Crippen LogP contribution in [0.4, 0.5) is 0 Å². The van der Waals surface area contributed by atoms with Crippen molar-refractivity contribution in [1.29, 1.82) is 0 Å². The molecule has 5 rings (SSSR count). The molecule has 0 unspecified atom stereocenters. The number of nitrogens with zero attached hydrogens (tertiary/aromatic N) is 6. The van der Waals surface area contributed by atoms with E-state index >= 15 is 0 Å². The Hall–Kier alpha value is -2.38. The summed E-state index contributed by atoms with van der Waals surface area (Å²) in [5, 5.41) is 11.5. The van der Waals surface area contributed by atoms with Crippen molar-refractivity contribution in [2.45, 2.75) is 0 Å². The summed E-state index contributed by atoms with van der Waals surface area (Å²) in [5.41, 5.74) is 2.74. The number of hydrogen-bond acceptors (Lipinski definition) is 4. The van der Waals surface area contributed by atoms with Gasteiger partial charge in [0.05, 0.1) is 37.4 Å². The molecule has 0 radical (unpaired) electrons. The third-order valence-electron chi connectivity index (χ3n) is 4.23. The van der Waals surface area contributed by atoms with Gasteiger partial charge < -0.3 is 0 Å². The third-order valence-corrected chi connectivity index (χ3v) is 5.71. The minimum absolute atomic E-state index is 0.438. The SMILES string of the molecule is Clc1ccc(-c2nc3c4cnn(-c5ccc(Cl)c(Cl)c5)c4ncn3n2)cc1Cl. The van der Waals surface area contributed by atoms with E-state index in [1.54, 1.807) is 46.0 Å². The van der Waals surface area contributed by atoms with E-state index in [0.29, 0.717) is 37.2 Å². The van der Waals surface area contributed by atoms with Crippen LogP contribution in [0.25, 0.3) is 33.8 Å². The molecule has 0 bridgehead atoms. The van der Waals surface area contributed by atoms with Crippen molar-refractivity contribution in [3.8, 4) is 17.1 Å². The minimum Gasteiger partial charge on any atom is -0.216 e. The number of hydrogen-bond donors (Lipinski definition) is 0. The van der Waals surface area contributed by atoms with Gasteiger partial charge in [0.1, 0.15) is 6.33 Å². The van der Waals surface area contributed by atoms with Crippen LogP contribution in [-0.4, -0.2) is 29.4 Å². The maximum Gasteiger partial charge on any atom is 0.182 e. The van der Waals surface area contributed by atoms with Gasteiger partial charge in [-0.15, -0.1) is 5.10 Å². The molecule has 0 saturated carbocycles. The van der Waals surface area contributed by atoms with E-state index in [0.717, 1.165) is 16.6 Å². The van der Waals surface area contributed by atoms with Crippen molar-refractivity contribution in [3.05, 3.63) is 69.0 Å². The summed E-state index contributed by atoms with van der Waals surface area (Å²) in [6, 6.07) is 10.5. The quantitative estimate of drug-likeness (QED) is 0.344. The lowest BCUT2D eigenvalue weighted by Gasteiger charge is -2.04. The number of fused-ring (bicyclic) bond motifs is 3. The van der Waals surface area contributed by atoms with Crippen LogP contribution in [0.5, 0.6) is 0 Å². The fourth-order valence-corrected chi connectivity index (χ4v) is 3.47. The van der Waals surface area contributed by atoms with Crippen LogP contribution in [0.1, 0.15) is 0 Å². The van der Waals surface area contributed by atoms with E-state index in [-0.39, 0.29) is 0 Å². The van der Waals surface area contributed by atoms with Gasteiger partial charge in [0, 0.05) is 5.56 Å². The lowest BCUT2D eigenvalue weighted by molar-refractivity contribution is 0.882. The first-order chi connectivity index (χ1) is 13.5. The Morgan fingerprint density at radius 3 is 2.29 bits per heavy atom. The topological polar surface area (TPSA) is 60.9 Å². The highest BCUT2D eigenvalue weighted by Crippen LogP contribution is 2.29. The molecular weight excluding hydrogens is 442 g/mol. The van der Waals surface area contributed by atoms with E-state index in [1.165, 1.54) is 0 Å². The van der Waals surface area contributed by atoms with Crippen LogP contribution < -0.4 is 0 Å². The van der Waals surface area contributed by atoms with Crippen LogP contribution in [0, 0.1) is 0 Å². The molecule has 0 aliphatic rings. The molecule has 6 nitrogen and oxygen atoms in total. The molecule has 10 heteroatoms. The molecular formula is C18H8Cl4N6. The Kier molecular flexibility index (Phi) is 4.17. The molecule has 0 amide bonds. The van der Waals surface area contributed by atoms with Crippen molar-refractivity contribution in [3.63, 3.8) is 0 Å². The molecule has 0 fully saturated rings. The average molecular weight is 450 g/mol. The Labute approximate surface area is 178 Å². The standard InChI is InChI=1S/C18H8Cl4N6/c19-12-3-1-9(5-14(12)21)16-25-18-11-7-24-28(17(11)23-8-27(18)26-16)10-2-4-13(20)15(22)6-10/h1-8H. The zero-order valence-electron chi connectivity index (χ0n) is 13.8. The van der Waals surface area contributed by atoms with Crippen molar-refractivity contribution >= 4 is 63.1 Å². The summed E-state index contributed by atoms with van der Waals surface area (Å²) in [7, 11) is 0. The highest BCUT2D eigenvalue weighted by Gasteiger charge is 2.15. The molecule has 0 spiro atoms. The average Bonchev–Trinajstić information content (AvgIpc) is 3.30. The summed E-state index contributed by atoms with van der Waals surface area (Å²) in [6.45, 7) is 0. The first-order valence-corrected chi connectivity index (χ1v) is 9.52. The zero-order valence-corrected chi connectivity index (χ0v) is 16.8. The second-order valence-corrected chi connectivity index (χ2v) is 7.60. The summed E-state index contributed by atoms with van der Waals surface area (Å²) < 4.78 is 3.27. The Morgan fingerprint density at radius 2 is 1.54 bits per heavy atom. The van der Waals surface area contributed by atoms with Gasteiger partial charge in [-0.2, -0.15) is 5.10 Å². The molecule has 3 heterocycles. The van der Waals surface area contributed by atoms with Crippen molar-refractivity contribution in [2.24, 2.45) is 0 Å². The molecule has 0 atom stereocenters. The molecule has 0 N–H and O–H groups in total. The van der Waals surface area contributed by atoms with Crippen molar-refractivity contribution in [2.75, 3.05) is 0 Å². The highest BCUT2D eigenvalue weighted by molar-refractivity contribution is 6.42. The summed E-state index contributed by atoms with van der Waals surface area (Å²) in [4.78, 5) is 9.10. The van der Waals surface area contributed by atoms with Gasteiger partial charge in [-0.3, -0.25) is 0 Å². The van der Waals surface area contributed by atoms with Gasteiger partial charge in [-0.1, -0.05) is 46.4 Å². The van der Waals surface area contributed by atoms with Gasteiger partial charge in [0.2, 0.25) is 0 Å². The molecule has 0 aliphatic heterocycles. The van der Waals surface area contributed by atoms with E-state index in [9.17, 15) is 0 Å². The first-order valence-electron chi connectivity index (χ1n) is 8.01. The lowest BCUT2D eigenvalue weighted by Crippen LogP contribution is -1.99. The fourth-order valence-electron chi connectivity index (χ4n) is 2.88. The largest absolute Gasteiger partial charge is 0.216 e. The van der Waals surface area contributed by atoms with E-state index in [4.69, 9.17) is 46.4 Å². The lowest BCUT2D eigenvalue weighted by atomic mass is 10.2. The monoisotopic (exact) mass is 448 g/mol. The molecule has 0 aliphatic carbocycles. The third kappa shape index (κ3) is 2.81. The van der Waals surface area contributed by atoms with Crippen LogP contribution in [-0.2, 0) is 0 Å². The predicted octanol–water partition coefficient (Wildman–Crippen LogP) is 5.74. The van der Waals surface area contributed by atoms with Crippen molar-refractivity contribution in [1.82, 2.24) is 29.4 Å². The summed E-state index contributed by atoms with van der Waals surface area (Å²) in [6.07, 6.45) is 3.27. The van der Waals surface area contributed by atoms with Crippen LogP contribution in [0.2, 0.25) is 20.1 Å². The first kappa shape index (κ1) is 17.7. The summed E-state index contributed by atoms with van der Waals surface area (Å²) in [5.74, 6) is 0.509. The van der Waals surface area contributed by atoms with Gasteiger partial charge in [-0.25, -0.2) is 19.2 Å². The van der Waals surface area contributed by atoms with Gasteiger partial charge in [0.25, 0.3) is 0 Å². The second kappa shape index (κ2) is 6.60. The molecule has 28 heavy (non-hydrogen) atoms. The number of aromatic nitrogens is 6. The number of rotatable bonds is 2. The number of benzene rings is 2. The molecule has 2 aromatic carbocycles.